The highest BCUT2D eigenvalue weighted by Crippen LogP contribution is 2.40. The largest absolute Gasteiger partial charge is 0.328 e. The third kappa shape index (κ3) is 1.65. The zero-order chi connectivity index (χ0) is 11.7. The maximum atomic E-state index is 12.1. The van der Waals surface area contributed by atoms with Crippen molar-refractivity contribution in [3.05, 3.63) is 0 Å². The van der Waals surface area contributed by atoms with E-state index in [1.165, 1.54) is 4.90 Å². The van der Waals surface area contributed by atoms with Crippen LogP contribution in [0.5, 0.6) is 0 Å². The lowest BCUT2D eigenvalue weighted by molar-refractivity contribution is -0.143. The molecule has 1 aliphatic heterocycles. The molecule has 4 heteroatoms. The molecule has 3 atom stereocenters. The van der Waals surface area contributed by atoms with Crippen molar-refractivity contribution >= 4 is 11.8 Å². The second kappa shape index (κ2) is 4.53. The van der Waals surface area contributed by atoms with Crippen molar-refractivity contribution in [2.75, 3.05) is 6.54 Å². The maximum absolute atomic E-state index is 12.1. The van der Waals surface area contributed by atoms with E-state index in [0.29, 0.717) is 6.54 Å². The number of carbonyl (C=O) groups is 2. The Morgan fingerprint density at radius 3 is 2.31 bits per heavy atom. The molecule has 2 aliphatic rings. The first-order valence-electron chi connectivity index (χ1n) is 6.27. The van der Waals surface area contributed by atoms with Gasteiger partial charge in [0, 0.05) is 6.54 Å². The summed E-state index contributed by atoms with van der Waals surface area (Å²) < 4.78 is 0. The van der Waals surface area contributed by atoms with Crippen LogP contribution < -0.4 is 5.73 Å². The van der Waals surface area contributed by atoms with Gasteiger partial charge in [-0.25, -0.2) is 0 Å². The Balaban J connectivity index is 2.16. The Morgan fingerprint density at radius 2 is 1.88 bits per heavy atom. The van der Waals surface area contributed by atoms with Crippen molar-refractivity contribution in [1.29, 1.82) is 0 Å². The molecule has 2 fully saturated rings. The minimum absolute atomic E-state index is 0.0293. The van der Waals surface area contributed by atoms with Gasteiger partial charge < -0.3 is 5.73 Å². The molecular formula is C12H20N2O2. The van der Waals surface area contributed by atoms with Crippen molar-refractivity contribution in [2.45, 2.75) is 45.1 Å². The van der Waals surface area contributed by atoms with Gasteiger partial charge in [0.25, 0.3) is 0 Å². The van der Waals surface area contributed by atoms with Crippen molar-refractivity contribution in [1.82, 2.24) is 4.90 Å². The molecule has 3 unspecified atom stereocenters. The van der Waals surface area contributed by atoms with Crippen LogP contribution in [0, 0.1) is 11.8 Å². The number of amides is 2. The number of fused-ring (bicyclic) bond motifs is 1. The fraction of sp³-hybridized carbons (Fsp3) is 0.833. The predicted octanol–water partition coefficient (Wildman–Crippen LogP) is 0.899. The SMILES string of the molecule is CCCC(CN)N1C(=O)C2CCCC2C1=O. The third-order valence-electron chi connectivity index (χ3n) is 3.88. The van der Waals surface area contributed by atoms with E-state index in [9.17, 15) is 9.59 Å². The molecule has 0 bridgehead atoms. The van der Waals surface area contributed by atoms with Crippen LogP contribution in [0.2, 0.25) is 0 Å². The van der Waals surface area contributed by atoms with Gasteiger partial charge in [-0.3, -0.25) is 14.5 Å². The van der Waals surface area contributed by atoms with Crippen LogP contribution in [0.25, 0.3) is 0 Å². The molecule has 1 aliphatic carbocycles. The molecule has 0 spiro atoms. The summed E-state index contributed by atoms with van der Waals surface area (Å²) in [7, 11) is 0. The highest BCUT2D eigenvalue weighted by Gasteiger charge is 2.51. The van der Waals surface area contributed by atoms with E-state index >= 15 is 0 Å². The maximum Gasteiger partial charge on any atom is 0.233 e. The van der Waals surface area contributed by atoms with Crippen molar-refractivity contribution < 1.29 is 9.59 Å². The summed E-state index contributed by atoms with van der Waals surface area (Å²) >= 11 is 0. The molecule has 2 rings (SSSR count). The molecule has 2 amide bonds. The van der Waals surface area contributed by atoms with Crippen LogP contribution in [0.1, 0.15) is 39.0 Å². The Kier molecular flexibility index (Phi) is 3.28. The van der Waals surface area contributed by atoms with E-state index in [2.05, 4.69) is 6.92 Å². The van der Waals surface area contributed by atoms with E-state index in [1.54, 1.807) is 0 Å². The molecule has 1 saturated carbocycles. The highest BCUT2D eigenvalue weighted by molar-refractivity contribution is 6.05. The number of imide groups is 1. The van der Waals surface area contributed by atoms with Gasteiger partial charge in [0.1, 0.15) is 0 Å². The molecule has 90 valence electrons. The van der Waals surface area contributed by atoms with Gasteiger partial charge in [0.15, 0.2) is 0 Å². The number of carbonyl (C=O) groups excluding carboxylic acids is 2. The molecule has 1 saturated heterocycles. The van der Waals surface area contributed by atoms with Crippen LogP contribution in [0.4, 0.5) is 0 Å². The quantitative estimate of drug-likeness (QED) is 0.722. The second-order valence-electron chi connectivity index (χ2n) is 4.87. The number of nitrogens with zero attached hydrogens (tertiary/aromatic N) is 1. The standard InChI is InChI=1S/C12H20N2O2/c1-2-4-8(7-13)14-11(15)9-5-3-6-10(9)12(14)16/h8-10H,2-7,13H2,1H3. The monoisotopic (exact) mass is 224 g/mol. The lowest BCUT2D eigenvalue weighted by atomic mass is 10.00. The van der Waals surface area contributed by atoms with Gasteiger partial charge in [0.2, 0.25) is 11.8 Å². The Labute approximate surface area is 96.2 Å². The molecule has 0 aromatic heterocycles. The summed E-state index contributed by atoms with van der Waals surface area (Å²) in [4.78, 5) is 25.7. The predicted molar refractivity (Wildman–Crippen MR) is 60.4 cm³/mol. The first-order chi connectivity index (χ1) is 7.70. The summed E-state index contributed by atoms with van der Waals surface area (Å²) in [5.74, 6) is 0.0182. The van der Waals surface area contributed by atoms with Crippen LogP contribution in [-0.4, -0.2) is 29.3 Å². The van der Waals surface area contributed by atoms with Crippen LogP contribution in [0.15, 0.2) is 0 Å². The molecular weight excluding hydrogens is 204 g/mol. The fourth-order valence-corrected chi connectivity index (χ4v) is 3.06. The topological polar surface area (TPSA) is 63.4 Å². The zero-order valence-electron chi connectivity index (χ0n) is 9.82. The Morgan fingerprint density at radius 1 is 1.31 bits per heavy atom. The van der Waals surface area contributed by atoms with E-state index in [4.69, 9.17) is 5.73 Å². The van der Waals surface area contributed by atoms with E-state index in [0.717, 1.165) is 32.1 Å². The van der Waals surface area contributed by atoms with Crippen LogP contribution in [0.3, 0.4) is 0 Å². The average molecular weight is 224 g/mol. The van der Waals surface area contributed by atoms with Gasteiger partial charge in [-0.2, -0.15) is 0 Å². The number of rotatable bonds is 4. The average Bonchev–Trinajstić information content (AvgIpc) is 2.83. The van der Waals surface area contributed by atoms with Gasteiger partial charge in [-0.1, -0.05) is 19.8 Å². The smallest absolute Gasteiger partial charge is 0.233 e. The lowest BCUT2D eigenvalue weighted by Crippen LogP contribution is -2.45. The van der Waals surface area contributed by atoms with Crippen LogP contribution in [-0.2, 0) is 9.59 Å². The minimum atomic E-state index is -0.0735. The molecule has 16 heavy (non-hydrogen) atoms. The summed E-state index contributed by atoms with van der Waals surface area (Å²) in [6.45, 7) is 2.44. The van der Waals surface area contributed by atoms with Crippen molar-refractivity contribution in [3.63, 3.8) is 0 Å². The van der Waals surface area contributed by atoms with Crippen molar-refractivity contribution in [2.24, 2.45) is 17.6 Å². The molecule has 0 radical (unpaired) electrons. The first kappa shape index (κ1) is 11.6. The Bertz CT molecular complexity index is 281. The van der Waals surface area contributed by atoms with Gasteiger partial charge in [-0.05, 0) is 19.3 Å². The minimum Gasteiger partial charge on any atom is -0.328 e. The van der Waals surface area contributed by atoms with E-state index in [1.807, 2.05) is 0 Å². The molecule has 1 heterocycles. The zero-order valence-corrected chi connectivity index (χ0v) is 9.82. The molecule has 2 N–H and O–H groups in total. The summed E-state index contributed by atoms with van der Waals surface area (Å²) in [5, 5.41) is 0. The normalized spacial score (nSPS) is 31.0. The summed E-state index contributed by atoms with van der Waals surface area (Å²) in [6, 6.07) is -0.0735. The second-order valence-corrected chi connectivity index (χ2v) is 4.87. The van der Waals surface area contributed by atoms with Gasteiger partial charge in [-0.15, -0.1) is 0 Å². The number of likely N-dealkylation sites (tertiary alicyclic amines) is 1. The summed E-state index contributed by atoms with van der Waals surface area (Å²) in [5.41, 5.74) is 5.67. The molecule has 4 nitrogen and oxygen atoms in total. The van der Waals surface area contributed by atoms with E-state index < -0.39 is 0 Å². The van der Waals surface area contributed by atoms with Crippen LogP contribution >= 0.6 is 0 Å². The lowest BCUT2D eigenvalue weighted by Gasteiger charge is -2.25. The molecule has 0 aromatic rings. The van der Waals surface area contributed by atoms with Gasteiger partial charge in [0.05, 0.1) is 17.9 Å². The first-order valence-corrected chi connectivity index (χ1v) is 6.27. The van der Waals surface area contributed by atoms with Gasteiger partial charge >= 0.3 is 0 Å². The summed E-state index contributed by atoms with van der Waals surface area (Å²) in [6.07, 6.45) is 4.56. The number of hydrogen-bond donors (Lipinski definition) is 1. The fourth-order valence-electron chi connectivity index (χ4n) is 3.06. The number of nitrogens with two attached hydrogens (primary N) is 1. The highest BCUT2D eigenvalue weighted by atomic mass is 16.2. The third-order valence-corrected chi connectivity index (χ3v) is 3.88. The Hall–Kier alpha value is -0.900. The van der Waals surface area contributed by atoms with E-state index in [-0.39, 0.29) is 29.7 Å². The molecule has 0 aromatic carbocycles. The van der Waals surface area contributed by atoms with Crippen molar-refractivity contribution in [3.8, 4) is 0 Å². The number of hydrogen-bond acceptors (Lipinski definition) is 3.